The zero-order valence-electron chi connectivity index (χ0n) is 14.8. The number of carbonyl (C=O) groups excluding carboxylic acids is 1. The van der Waals surface area contributed by atoms with E-state index in [0.717, 1.165) is 15.9 Å². The summed E-state index contributed by atoms with van der Waals surface area (Å²) in [5, 5.41) is 8.73. The third-order valence-electron chi connectivity index (χ3n) is 3.71. The number of esters is 1. The average Bonchev–Trinajstić information content (AvgIpc) is 3.09. The molecule has 0 spiro atoms. The normalized spacial score (nSPS) is 11.8. The number of nitrogens with zero attached hydrogens (tertiary/aromatic N) is 3. The summed E-state index contributed by atoms with van der Waals surface area (Å²) in [6.07, 6.45) is 0. The third kappa shape index (κ3) is 4.90. The zero-order valence-corrected chi connectivity index (χ0v) is 17.2. The number of ether oxygens (including phenoxy) is 2. The van der Waals surface area contributed by atoms with Crippen molar-refractivity contribution in [2.45, 2.75) is 23.9 Å². The molecule has 1 atom stereocenters. The molecule has 3 rings (SSSR count). The molecule has 0 aliphatic rings. The van der Waals surface area contributed by atoms with Crippen LogP contribution in [0.15, 0.2) is 64.2 Å². The van der Waals surface area contributed by atoms with Gasteiger partial charge in [-0.15, -0.1) is 10.2 Å². The number of thioether (sulfide) groups is 1. The lowest BCUT2D eigenvalue weighted by atomic mass is 10.3. The minimum absolute atomic E-state index is 0.247. The molecule has 0 unspecified atom stereocenters. The van der Waals surface area contributed by atoms with Gasteiger partial charge in [-0.2, -0.15) is 0 Å². The van der Waals surface area contributed by atoms with Crippen LogP contribution < -0.4 is 4.74 Å². The van der Waals surface area contributed by atoms with Crippen molar-refractivity contribution >= 4 is 33.7 Å². The number of aromatic nitrogens is 3. The molecule has 8 heteroatoms. The number of para-hydroxylation sites is 1. The molecule has 0 saturated heterocycles. The number of methoxy groups -OCH3 is 1. The summed E-state index contributed by atoms with van der Waals surface area (Å²) in [5.41, 5.74) is 0.900. The highest BCUT2D eigenvalue weighted by molar-refractivity contribution is 9.10. The molecule has 3 aromatic rings. The highest BCUT2D eigenvalue weighted by atomic mass is 79.9. The van der Waals surface area contributed by atoms with Crippen molar-refractivity contribution in [1.29, 1.82) is 0 Å². The van der Waals surface area contributed by atoms with E-state index in [-0.39, 0.29) is 12.6 Å². The molecule has 2 aromatic carbocycles. The van der Waals surface area contributed by atoms with Gasteiger partial charge in [-0.25, -0.2) is 0 Å². The molecule has 6 nitrogen and oxygen atoms in total. The molecule has 0 saturated carbocycles. The maximum atomic E-state index is 11.8. The molecule has 27 heavy (non-hydrogen) atoms. The fourth-order valence-electron chi connectivity index (χ4n) is 2.36. The Labute approximate surface area is 170 Å². The van der Waals surface area contributed by atoms with Gasteiger partial charge < -0.3 is 9.47 Å². The molecule has 0 aliphatic carbocycles. The van der Waals surface area contributed by atoms with Crippen LogP contribution in [0.3, 0.4) is 0 Å². The Kier molecular flexibility index (Phi) is 6.52. The maximum Gasteiger partial charge on any atom is 0.318 e. The molecule has 0 amide bonds. The van der Waals surface area contributed by atoms with Crippen LogP contribution in [-0.4, -0.2) is 33.1 Å². The molecule has 0 fully saturated rings. The minimum atomic E-state index is -0.401. The van der Waals surface area contributed by atoms with Crippen LogP contribution in [0.2, 0.25) is 0 Å². The van der Waals surface area contributed by atoms with E-state index in [9.17, 15) is 4.79 Å². The zero-order chi connectivity index (χ0) is 19.2. The monoisotopic (exact) mass is 447 g/mol. The van der Waals surface area contributed by atoms with Crippen LogP contribution in [0.5, 0.6) is 5.75 Å². The van der Waals surface area contributed by atoms with Gasteiger partial charge in [0.1, 0.15) is 17.6 Å². The van der Waals surface area contributed by atoms with E-state index in [2.05, 4.69) is 26.1 Å². The summed E-state index contributed by atoms with van der Waals surface area (Å²) in [6, 6.07) is 17.3. The number of carbonyl (C=O) groups is 1. The highest BCUT2D eigenvalue weighted by Crippen LogP contribution is 2.27. The van der Waals surface area contributed by atoms with E-state index in [0.29, 0.717) is 11.0 Å². The van der Waals surface area contributed by atoms with E-state index in [1.807, 2.05) is 59.2 Å². The Morgan fingerprint density at radius 1 is 1.15 bits per heavy atom. The van der Waals surface area contributed by atoms with Crippen molar-refractivity contribution in [2.75, 3.05) is 7.11 Å². The summed E-state index contributed by atoms with van der Waals surface area (Å²) in [5.74, 6) is 1.07. The number of hydrogen-bond donors (Lipinski definition) is 0. The molecule has 140 valence electrons. The fourth-order valence-corrected chi connectivity index (χ4v) is 3.53. The van der Waals surface area contributed by atoms with Gasteiger partial charge in [-0.05, 0) is 43.3 Å². The quantitative estimate of drug-likeness (QED) is 0.398. The van der Waals surface area contributed by atoms with Gasteiger partial charge >= 0.3 is 5.97 Å². The second kappa shape index (κ2) is 9.05. The van der Waals surface area contributed by atoms with Gasteiger partial charge in [0.05, 0.1) is 7.11 Å². The van der Waals surface area contributed by atoms with Crippen LogP contribution >= 0.6 is 27.7 Å². The van der Waals surface area contributed by atoms with E-state index >= 15 is 0 Å². The third-order valence-corrected chi connectivity index (χ3v) is 5.26. The number of hydrogen-bond acceptors (Lipinski definition) is 6. The molecule has 0 N–H and O–H groups in total. The Hall–Kier alpha value is -2.32. The molecule has 0 aliphatic heterocycles. The Morgan fingerprint density at radius 2 is 1.85 bits per heavy atom. The van der Waals surface area contributed by atoms with E-state index in [1.54, 1.807) is 6.92 Å². The topological polar surface area (TPSA) is 66.2 Å². The largest absolute Gasteiger partial charge is 0.486 e. The van der Waals surface area contributed by atoms with Gasteiger partial charge in [0.15, 0.2) is 11.0 Å². The SMILES string of the molecule is COC(=O)[C@H](C)Sc1nnc(COc2ccc(Br)cc2)n1-c1ccccc1. The smallest absolute Gasteiger partial charge is 0.318 e. The summed E-state index contributed by atoms with van der Waals surface area (Å²) in [4.78, 5) is 11.8. The summed E-state index contributed by atoms with van der Waals surface area (Å²) in [6.45, 7) is 2.02. The van der Waals surface area contributed by atoms with Crippen LogP contribution in [0, 0.1) is 0 Å². The first-order valence-corrected chi connectivity index (χ1v) is 9.88. The van der Waals surface area contributed by atoms with E-state index in [4.69, 9.17) is 9.47 Å². The molecule has 1 heterocycles. The van der Waals surface area contributed by atoms with Gasteiger partial charge in [0.2, 0.25) is 0 Å². The maximum absolute atomic E-state index is 11.8. The Balaban J connectivity index is 1.87. The van der Waals surface area contributed by atoms with Gasteiger partial charge in [0, 0.05) is 10.2 Å². The van der Waals surface area contributed by atoms with Crippen LogP contribution in [0.25, 0.3) is 5.69 Å². The second-order valence-corrected chi connectivity index (χ2v) is 7.82. The number of benzene rings is 2. The molecule has 1 aromatic heterocycles. The number of halogens is 1. The lowest BCUT2D eigenvalue weighted by molar-refractivity contribution is -0.139. The first kappa shape index (κ1) is 19.4. The fraction of sp³-hybridized carbons (Fsp3) is 0.211. The minimum Gasteiger partial charge on any atom is -0.486 e. The lowest BCUT2D eigenvalue weighted by Gasteiger charge is -2.13. The molecule has 0 bridgehead atoms. The lowest BCUT2D eigenvalue weighted by Crippen LogP contribution is -2.16. The van der Waals surface area contributed by atoms with Gasteiger partial charge in [-0.1, -0.05) is 45.9 Å². The average molecular weight is 448 g/mol. The van der Waals surface area contributed by atoms with E-state index < -0.39 is 5.25 Å². The van der Waals surface area contributed by atoms with Crippen LogP contribution in [0.1, 0.15) is 12.7 Å². The highest BCUT2D eigenvalue weighted by Gasteiger charge is 2.21. The standard InChI is InChI=1S/C19H18BrN3O3S/c1-13(18(24)25-2)27-19-22-21-17(23(19)15-6-4-3-5-7-15)12-26-16-10-8-14(20)9-11-16/h3-11,13H,12H2,1-2H3/t13-/m0/s1. The Morgan fingerprint density at radius 3 is 2.52 bits per heavy atom. The van der Waals surface area contributed by atoms with Crippen LogP contribution in [0.4, 0.5) is 0 Å². The second-order valence-electron chi connectivity index (χ2n) is 5.60. The predicted octanol–water partition coefficient (Wildman–Crippen LogP) is 4.26. The predicted molar refractivity (Wildman–Crippen MR) is 107 cm³/mol. The van der Waals surface area contributed by atoms with Crippen molar-refractivity contribution < 1.29 is 14.3 Å². The molecular formula is C19H18BrN3O3S. The summed E-state index contributed by atoms with van der Waals surface area (Å²) >= 11 is 4.70. The van der Waals surface area contributed by atoms with Crippen molar-refractivity contribution in [3.63, 3.8) is 0 Å². The summed E-state index contributed by atoms with van der Waals surface area (Å²) < 4.78 is 13.5. The number of rotatable bonds is 7. The van der Waals surface area contributed by atoms with Crippen molar-refractivity contribution in [1.82, 2.24) is 14.8 Å². The van der Waals surface area contributed by atoms with Crippen LogP contribution in [-0.2, 0) is 16.1 Å². The molecular weight excluding hydrogens is 430 g/mol. The summed E-state index contributed by atoms with van der Waals surface area (Å²) in [7, 11) is 1.37. The van der Waals surface area contributed by atoms with E-state index in [1.165, 1.54) is 18.9 Å². The van der Waals surface area contributed by atoms with Crippen molar-refractivity contribution in [3.05, 3.63) is 64.9 Å². The first-order valence-electron chi connectivity index (χ1n) is 8.21. The Bertz CT molecular complexity index is 900. The first-order chi connectivity index (χ1) is 13.1. The molecule has 0 radical (unpaired) electrons. The van der Waals surface area contributed by atoms with Gasteiger partial charge in [0.25, 0.3) is 0 Å². The van der Waals surface area contributed by atoms with Gasteiger partial charge in [-0.3, -0.25) is 9.36 Å². The van der Waals surface area contributed by atoms with Crippen molar-refractivity contribution in [3.8, 4) is 11.4 Å². The van der Waals surface area contributed by atoms with Crippen molar-refractivity contribution in [2.24, 2.45) is 0 Å².